The van der Waals surface area contributed by atoms with Gasteiger partial charge in [-0.2, -0.15) is 18.3 Å². The molecule has 1 aromatic heterocycles. The summed E-state index contributed by atoms with van der Waals surface area (Å²) in [5.41, 5.74) is -4.84. The number of halogens is 3. The molecular weight excluding hydrogens is 297 g/mol. The molecule has 0 aliphatic rings. The first kappa shape index (κ1) is 14.3. The normalized spacial score (nSPS) is 12.3. The topological polar surface area (TPSA) is 87.7 Å². The summed E-state index contributed by atoms with van der Waals surface area (Å²) in [7, 11) is -5.31. The second-order valence-electron chi connectivity index (χ2n) is 3.76. The van der Waals surface area contributed by atoms with Crippen LogP contribution in [0.5, 0.6) is 0 Å². The number of nitrogens with zero attached hydrogens (tertiary/aromatic N) is 2. The first-order chi connectivity index (χ1) is 9.30. The molecule has 1 aromatic carbocycles. The molecule has 6 nitrogen and oxygen atoms in total. The number of sulfone groups is 1. The molecule has 0 bridgehead atoms. The van der Waals surface area contributed by atoms with Crippen LogP contribution in [0.3, 0.4) is 0 Å². The zero-order valence-electron chi connectivity index (χ0n) is 9.85. The highest BCUT2D eigenvalue weighted by Gasteiger charge is 2.46. The molecule has 0 radical (unpaired) electrons. The number of H-pyrrole nitrogens is 1. The summed E-state index contributed by atoms with van der Waals surface area (Å²) in [5, 5.41) is 9.08. The second kappa shape index (κ2) is 5.12. The molecule has 0 fully saturated rings. The highest BCUT2D eigenvalue weighted by atomic mass is 32.2. The quantitative estimate of drug-likeness (QED) is 0.898. The van der Waals surface area contributed by atoms with Crippen molar-refractivity contribution in [2.45, 2.75) is 16.9 Å². The Kier molecular flexibility index (Phi) is 3.66. The average molecular weight is 306 g/mol. The van der Waals surface area contributed by atoms with E-state index in [1.165, 1.54) is 18.5 Å². The molecule has 2 N–H and O–H groups in total. The lowest BCUT2D eigenvalue weighted by Gasteiger charge is -2.09. The highest BCUT2D eigenvalue weighted by molar-refractivity contribution is 7.92. The van der Waals surface area contributed by atoms with Gasteiger partial charge in [-0.05, 0) is 24.3 Å². The predicted molar refractivity (Wildman–Crippen MR) is 63.4 cm³/mol. The number of rotatable bonds is 4. The van der Waals surface area contributed by atoms with Crippen molar-refractivity contribution in [3.05, 3.63) is 36.4 Å². The summed E-state index contributed by atoms with van der Waals surface area (Å²) < 4.78 is 59.3. The van der Waals surface area contributed by atoms with Crippen LogP contribution in [0.1, 0.15) is 5.82 Å². The maximum atomic E-state index is 12.3. The Bertz CT molecular complexity index is 666. The van der Waals surface area contributed by atoms with Crippen molar-refractivity contribution in [1.82, 2.24) is 15.2 Å². The fourth-order valence-corrected chi connectivity index (χ4v) is 2.15. The summed E-state index contributed by atoms with van der Waals surface area (Å²) in [6, 6.07) is 4.28. The molecule has 0 amide bonds. The lowest BCUT2D eigenvalue weighted by molar-refractivity contribution is -0.0436. The maximum absolute atomic E-state index is 12.3. The Labute approximate surface area is 112 Å². The van der Waals surface area contributed by atoms with Gasteiger partial charge in [-0.1, -0.05) is 0 Å². The van der Waals surface area contributed by atoms with E-state index < -0.39 is 20.2 Å². The van der Waals surface area contributed by atoms with E-state index in [9.17, 15) is 21.6 Å². The first-order valence-electron chi connectivity index (χ1n) is 5.30. The second-order valence-corrected chi connectivity index (χ2v) is 5.70. The van der Waals surface area contributed by atoms with E-state index >= 15 is 0 Å². The van der Waals surface area contributed by atoms with Gasteiger partial charge in [0, 0.05) is 5.69 Å². The third-order valence-corrected chi connectivity index (χ3v) is 3.90. The number of hydrogen-bond donors (Lipinski definition) is 2. The van der Waals surface area contributed by atoms with Crippen LogP contribution >= 0.6 is 0 Å². The van der Waals surface area contributed by atoms with Gasteiger partial charge in [0.05, 0.1) is 11.4 Å². The average Bonchev–Trinajstić information content (AvgIpc) is 2.88. The van der Waals surface area contributed by atoms with Crippen molar-refractivity contribution in [2.75, 3.05) is 5.32 Å². The minimum atomic E-state index is -5.31. The molecule has 0 aliphatic heterocycles. The van der Waals surface area contributed by atoms with E-state index in [1.807, 2.05) is 0 Å². The predicted octanol–water partition coefficient (Wildman–Crippen LogP) is 1.71. The molecule has 0 unspecified atom stereocenters. The molecular formula is C10H9F3N4O2S. The molecule has 0 aliphatic carbocycles. The Hall–Kier alpha value is -2.10. The van der Waals surface area contributed by atoms with Gasteiger partial charge in [0.15, 0.2) is 0 Å². The van der Waals surface area contributed by atoms with Crippen LogP contribution in [0.2, 0.25) is 0 Å². The minimum Gasteiger partial charge on any atom is -0.378 e. The van der Waals surface area contributed by atoms with Crippen molar-refractivity contribution >= 4 is 15.5 Å². The van der Waals surface area contributed by atoms with E-state index in [1.54, 1.807) is 0 Å². The lowest BCUT2D eigenvalue weighted by Crippen LogP contribution is -2.23. The van der Waals surface area contributed by atoms with Crippen LogP contribution in [0, 0.1) is 0 Å². The Morgan fingerprint density at radius 2 is 1.85 bits per heavy atom. The Morgan fingerprint density at radius 3 is 2.35 bits per heavy atom. The largest absolute Gasteiger partial charge is 0.501 e. The van der Waals surface area contributed by atoms with Crippen LogP contribution in [0.15, 0.2) is 35.5 Å². The van der Waals surface area contributed by atoms with Gasteiger partial charge < -0.3 is 5.32 Å². The highest BCUT2D eigenvalue weighted by Crippen LogP contribution is 2.30. The lowest BCUT2D eigenvalue weighted by atomic mass is 10.3. The van der Waals surface area contributed by atoms with Gasteiger partial charge in [0.25, 0.3) is 9.84 Å². The van der Waals surface area contributed by atoms with Crippen LogP contribution in [-0.2, 0) is 16.4 Å². The maximum Gasteiger partial charge on any atom is 0.501 e. The summed E-state index contributed by atoms with van der Waals surface area (Å²) in [6.07, 6.45) is 1.32. The molecule has 0 atom stereocenters. The molecule has 108 valence electrons. The van der Waals surface area contributed by atoms with E-state index in [0.29, 0.717) is 11.5 Å². The minimum absolute atomic E-state index is 0.283. The third kappa shape index (κ3) is 2.90. The Morgan fingerprint density at radius 1 is 1.20 bits per heavy atom. The zero-order valence-corrected chi connectivity index (χ0v) is 10.7. The van der Waals surface area contributed by atoms with E-state index in [2.05, 4.69) is 20.5 Å². The number of nitrogens with one attached hydrogen (secondary N) is 2. The van der Waals surface area contributed by atoms with Crippen molar-refractivity contribution < 1.29 is 21.6 Å². The van der Waals surface area contributed by atoms with E-state index in [4.69, 9.17) is 0 Å². The van der Waals surface area contributed by atoms with Crippen molar-refractivity contribution in [2.24, 2.45) is 0 Å². The van der Waals surface area contributed by atoms with Crippen molar-refractivity contribution in [3.8, 4) is 0 Å². The number of aromatic amines is 1. The summed E-state index contributed by atoms with van der Waals surface area (Å²) in [6.45, 7) is 0.283. The molecule has 2 aromatic rings. The van der Waals surface area contributed by atoms with Crippen LogP contribution in [0.4, 0.5) is 18.9 Å². The van der Waals surface area contributed by atoms with Gasteiger partial charge in [-0.3, -0.25) is 5.10 Å². The smallest absolute Gasteiger partial charge is 0.378 e. The molecule has 0 saturated carbocycles. The molecule has 1 heterocycles. The summed E-state index contributed by atoms with van der Waals surface area (Å²) in [4.78, 5) is 3.05. The molecule has 0 saturated heterocycles. The number of benzene rings is 1. The number of aromatic nitrogens is 3. The monoisotopic (exact) mass is 306 g/mol. The van der Waals surface area contributed by atoms with Crippen LogP contribution in [0.25, 0.3) is 0 Å². The van der Waals surface area contributed by atoms with Crippen molar-refractivity contribution in [3.63, 3.8) is 0 Å². The van der Waals surface area contributed by atoms with Crippen LogP contribution < -0.4 is 5.32 Å². The number of hydrogen-bond acceptors (Lipinski definition) is 5. The SMILES string of the molecule is O=S(=O)(c1ccc(NCc2ncn[nH]2)cc1)C(F)(F)F. The number of anilines is 1. The zero-order chi connectivity index (χ0) is 14.8. The fourth-order valence-electron chi connectivity index (χ4n) is 1.39. The molecule has 10 heteroatoms. The van der Waals surface area contributed by atoms with Crippen LogP contribution in [-0.4, -0.2) is 29.1 Å². The number of alkyl halides is 3. The fraction of sp³-hybridized carbons (Fsp3) is 0.200. The van der Waals surface area contributed by atoms with Gasteiger partial charge in [0.2, 0.25) is 0 Å². The summed E-state index contributed by atoms with van der Waals surface area (Å²) in [5.74, 6) is 0.539. The van der Waals surface area contributed by atoms with Gasteiger partial charge in [-0.25, -0.2) is 13.4 Å². The van der Waals surface area contributed by atoms with Crippen molar-refractivity contribution in [1.29, 1.82) is 0 Å². The van der Waals surface area contributed by atoms with Gasteiger partial charge in [0.1, 0.15) is 12.2 Å². The third-order valence-electron chi connectivity index (χ3n) is 2.39. The molecule has 0 spiro atoms. The van der Waals surface area contributed by atoms with Gasteiger partial charge in [-0.15, -0.1) is 0 Å². The standard InChI is InChI=1S/C10H9F3N4O2S/c11-10(12,13)20(18,19)8-3-1-7(2-4-8)14-5-9-15-6-16-17-9/h1-4,6,14H,5H2,(H,15,16,17). The van der Waals surface area contributed by atoms with E-state index in [-0.39, 0.29) is 6.54 Å². The first-order valence-corrected chi connectivity index (χ1v) is 6.78. The summed E-state index contributed by atoms with van der Waals surface area (Å²) >= 11 is 0. The van der Waals surface area contributed by atoms with E-state index in [0.717, 1.165) is 12.1 Å². The van der Waals surface area contributed by atoms with Gasteiger partial charge >= 0.3 is 5.51 Å². The molecule has 2 rings (SSSR count). The Balaban J connectivity index is 2.11. The molecule has 20 heavy (non-hydrogen) atoms.